The highest BCUT2D eigenvalue weighted by Gasteiger charge is 2.36. The Hall–Kier alpha value is -2.19. The van der Waals surface area contributed by atoms with Crippen molar-refractivity contribution in [3.8, 4) is 0 Å². The first-order valence-electron chi connectivity index (χ1n) is 8.27. The van der Waals surface area contributed by atoms with Crippen LogP contribution in [0.15, 0.2) is 29.9 Å². The minimum Gasteiger partial charge on any atom is -0.381 e. The highest BCUT2D eigenvalue weighted by molar-refractivity contribution is 7.13. The minimum absolute atomic E-state index is 0.0727. The molecule has 134 valence electrons. The van der Waals surface area contributed by atoms with Crippen LogP contribution in [0, 0.1) is 0 Å². The van der Waals surface area contributed by atoms with E-state index in [1.165, 1.54) is 11.3 Å². The van der Waals surface area contributed by atoms with Crippen molar-refractivity contribution >= 4 is 28.3 Å². The van der Waals surface area contributed by atoms with E-state index in [2.05, 4.69) is 20.2 Å². The normalized spacial score (nSPS) is 16.4. The van der Waals surface area contributed by atoms with Crippen LogP contribution < -0.4 is 10.6 Å². The van der Waals surface area contributed by atoms with Crippen LogP contribution in [0.5, 0.6) is 0 Å². The first-order valence-corrected chi connectivity index (χ1v) is 9.15. The van der Waals surface area contributed by atoms with E-state index in [1.54, 1.807) is 12.4 Å². The predicted octanol–water partition coefficient (Wildman–Crippen LogP) is 1.77. The smallest absolute Gasteiger partial charge is 0.228 e. The highest BCUT2D eigenvalue weighted by atomic mass is 32.1. The topological polar surface area (TPSA) is 85.2 Å². The van der Waals surface area contributed by atoms with Gasteiger partial charge in [-0.15, -0.1) is 11.3 Å². The molecule has 0 aromatic carbocycles. The Morgan fingerprint density at radius 1 is 1.28 bits per heavy atom. The summed E-state index contributed by atoms with van der Waals surface area (Å²) in [5.41, 5.74) is 0.402. The largest absolute Gasteiger partial charge is 0.381 e. The molecule has 2 amide bonds. The van der Waals surface area contributed by atoms with Crippen LogP contribution in [0.25, 0.3) is 0 Å². The fourth-order valence-corrected chi connectivity index (χ4v) is 3.82. The molecule has 0 spiro atoms. The molecule has 8 heteroatoms. The van der Waals surface area contributed by atoms with Crippen molar-refractivity contribution in [2.24, 2.45) is 0 Å². The van der Waals surface area contributed by atoms with E-state index < -0.39 is 0 Å². The van der Waals surface area contributed by atoms with Crippen molar-refractivity contribution in [1.82, 2.24) is 14.9 Å². The van der Waals surface area contributed by atoms with Gasteiger partial charge in [0.1, 0.15) is 0 Å². The molecule has 2 aromatic heterocycles. The number of thiazole rings is 1. The number of hydrogen-bond acceptors (Lipinski definition) is 5. The van der Waals surface area contributed by atoms with Crippen LogP contribution >= 0.6 is 11.3 Å². The molecule has 7 nitrogen and oxygen atoms in total. The maximum Gasteiger partial charge on any atom is 0.228 e. The summed E-state index contributed by atoms with van der Waals surface area (Å²) in [5, 5.41) is 7.75. The molecule has 0 aliphatic carbocycles. The summed E-state index contributed by atoms with van der Waals surface area (Å²) in [4.78, 5) is 28.3. The van der Waals surface area contributed by atoms with Crippen LogP contribution in [0.2, 0.25) is 0 Å². The Bertz CT molecular complexity index is 720. The molecule has 0 unspecified atom stereocenters. The van der Waals surface area contributed by atoms with E-state index in [9.17, 15) is 9.59 Å². The first-order chi connectivity index (χ1) is 12.1. The summed E-state index contributed by atoms with van der Waals surface area (Å²) in [6, 6.07) is 3.95. The van der Waals surface area contributed by atoms with E-state index >= 15 is 0 Å². The second-order valence-electron chi connectivity index (χ2n) is 6.15. The Kier molecular flexibility index (Phi) is 5.50. The third-order valence-electron chi connectivity index (χ3n) is 4.48. The zero-order chi connectivity index (χ0) is 17.7. The number of carbonyl (C=O) groups is 2. The molecule has 0 radical (unpaired) electrons. The van der Waals surface area contributed by atoms with Gasteiger partial charge in [-0.25, -0.2) is 4.98 Å². The second-order valence-corrected chi connectivity index (χ2v) is 7.00. The molecule has 0 saturated carbocycles. The third kappa shape index (κ3) is 4.26. The van der Waals surface area contributed by atoms with Gasteiger partial charge in [0.2, 0.25) is 11.8 Å². The van der Waals surface area contributed by atoms with Crippen molar-refractivity contribution in [2.45, 2.75) is 31.2 Å². The van der Waals surface area contributed by atoms with E-state index in [-0.39, 0.29) is 23.8 Å². The number of nitrogens with zero attached hydrogens (tertiary/aromatic N) is 2. The molecule has 3 rings (SSSR count). The van der Waals surface area contributed by atoms with Crippen molar-refractivity contribution in [3.63, 3.8) is 0 Å². The van der Waals surface area contributed by atoms with Crippen LogP contribution in [-0.2, 0) is 26.3 Å². The number of rotatable bonds is 6. The van der Waals surface area contributed by atoms with Crippen molar-refractivity contribution < 1.29 is 14.3 Å². The van der Waals surface area contributed by atoms with E-state index in [0.29, 0.717) is 30.5 Å². The standard InChI is InChI=1S/C17H22N4O3S/c1-18-14(22)10-13-12-25-16(19-13)20-15(23)11-17(4-8-24-9-5-17)21-6-2-3-7-21/h2-3,6-7,12H,4-5,8-11H2,1H3,(H,18,22)(H,19,20,23). The maximum atomic E-state index is 12.6. The minimum atomic E-state index is -0.256. The van der Waals surface area contributed by atoms with Crippen LogP contribution in [0.4, 0.5) is 5.13 Å². The maximum absolute atomic E-state index is 12.6. The summed E-state index contributed by atoms with van der Waals surface area (Å²) in [7, 11) is 1.59. The lowest BCUT2D eigenvalue weighted by atomic mass is 9.86. The Morgan fingerprint density at radius 2 is 2.00 bits per heavy atom. The zero-order valence-electron chi connectivity index (χ0n) is 14.2. The van der Waals surface area contributed by atoms with Gasteiger partial charge in [0, 0.05) is 38.0 Å². The summed E-state index contributed by atoms with van der Waals surface area (Å²) >= 11 is 1.33. The van der Waals surface area contributed by atoms with Crippen molar-refractivity contribution in [2.75, 3.05) is 25.6 Å². The van der Waals surface area contributed by atoms with Gasteiger partial charge < -0.3 is 19.9 Å². The summed E-state index contributed by atoms with van der Waals surface area (Å²) in [5.74, 6) is -0.173. The lowest BCUT2D eigenvalue weighted by Gasteiger charge is -2.38. The fourth-order valence-electron chi connectivity index (χ4n) is 3.09. The van der Waals surface area contributed by atoms with Crippen LogP contribution in [-0.4, -0.2) is 41.6 Å². The van der Waals surface area contributed by atoms with Crippen LogP contribution in [0.1, 0.15) is 25.0 Å². The highest BCUT2D eigenvalue weighted by Crippen LogP contribution is 2.33. The van der Waals surface area contributed by atoms with Gasteiger partial charge in [0.05, 0.1) is 24.1 Å². The number of nitrogens with one attached hydrogen (secondary N) is 2. The lowest BCUT2D eigenvalue weighted by Crippen LogP contribution is -2.42. The van der Waals surface area contributed by atoms with Gasteiger partial charge in [-0.1, -0.05) is 0 Å². The third-order valence-corrected chi connectivity index (χ3v) is 5.29. The zero-order valence-corrected chi connectivity index (χ0v) is 15.0. The Balaban J connectivity index is 1.65. The molecule has 1 aliphatic rings. The molecular weight excluding hydrogens is 340 g/mol. The van der Waals surface area contributed by atoms with Gasteiger partial charge >= 0.3 is 0 Å². The van der Waals surface area contributed by atoms with E-state index in [0.717, 1.165) is 12.8 Å². The summed E-state index contributed by atoms with van der Waals surface area (Å²) in [6.07, 6.45) is 6.19. The van der Waals surface area contributed by atoms with Crippen molar-refractivity contribution in [3.05, 3.63) is 35.6 Å². The van der Waals surface area contributed by atoms with Gasteiger partial charge in [0.25, 0.3) is 0 Å². The quantitative estimate of drug-likeness (QED) is 0.820. The Labute approximate surface area is 150 Å². The lowest BCUT2D eigenvalue weighted by molar-refractivity contribution is -0.120. The molecule has 0 bridgehead atoms. The molecule has 1 aliphatic heterocycles. The second kappa shape index (κ2) is 7.79. The number of aromatic nitrogens is 2. The monoisotopic (exact) mass is 362 g/mol. The van der Waals surface area contributed by atoms with Gasteiger partial charge in [-0.3, -0.25) is 9.59 Å². The predicted molar refractivity (Wildman–Crippen MR) is 95.6 cm³/mol. The molecule has 25 heavy (non-hydrogen) atoms. The van der Waals surface area contributed by atoms with Gasteiger partial charge in [-0.05, 0) is 25.0 Å². The van der Waals surface area contributed by atoms with E-state index in [1.807, 2.05) is 24.5 Å². The molecule has 2 aromatic rings. The fraction of sp³-hybridized carbons (Fsp3) is 0.471. The molecular formula is C17H22N4O3S. The molecule has 1 saturated heterocycles. The van der Waals surface area contributed by atoms with Crippen LogP contribution in [0.3, 0.4) is 0 Å². The summed E-state index contributed by atoms with van der Waals surface area (Å²) in [6.45, 7) is 1.30. The Morgan fingerprint density at radius 3 is 2.68 bits per heavy atom. The van der Waals surface area contributed by atoms with Gasteiger partial charge in [0.15, 0.2) is 5.13 Å². The summed E-state index contributed by atoms with van der Waals surface area (Å²) < 4.78 is 7.60. The van der Waals surface area contributed by atoms with E-state index in [4.69, 9.17) is 4.74 Å². The number of carbonyl (C=O) groups excluding carboxylic acids is 2. The average Bonchev–Trinajstić information content (AvgIpc) is 3.28. The van der Waals surface area contributed by atoms with Gasteiger partial charge in [-0.2, -0.15) is 0 Å². The molecule has 2 N–H and O–H groups in total. The average molecular weight is 362 g/mol. The number of hydrogen-bond donors (Lipinski definition) is 2. The van der Waals surface area contributed by atoms with Crippen molar-refractivity contribution in [1.29, 1.82) is 0 Å². The SMILES string of the molecule is CNC(=O)Cc1csc(NC(=O)CC2(n3cccc3)CCOCC2)n1. The molecule has 0 atom stereocenters. The number of likely N-dealkylation sites (N-methyl/N-ethyl adjacent to an activating group) is 1. The number of anilines is 1. The molecule has 1 fully saturated rings. The molecule has 3 heterocycles. The number of amides is 2. The number of ether oxygens (including phenoxy) is 1. The first kappa shape index (κ1) is 17.6.